The predicted octanol–water partition coefficient (Wildman–Crippen LogP) is 1.02. The zero-order chi connectivity index (χ0) is 9.68. The van der Waals surface area contributed by atoms with E-state index in [4.69, 9.17) is 10.5 Å². The number of rotatable bonds is 4. The van der Waals surface area contributed by atoms with Crippen LogP contribution in [0.5, 0.6) is 0 Å². The van der Waals surface area contributed by atoms with Gasteiger partial charge in [-0.2, -0.15) is 0 Å². The van der Waals surface area contributed by atoms with Gasteiger partial charge in [0.15, 0.2) is 0 Å². The third-order valence-electron chi connectivity index (χ3n) is 1.62. The molecule has 0 bridgehead atoms. The molecule has 1 aromatic rings. The Morgan fingerprint density at radius 1 is 1.38 bits per heavy atom. The van der Waals surface area contributed by atoms with Crippen molar-refractivity contribution in [2.24, 2.45) is 0 Å². The highest BCUT2D eigenvalue weighted by atomic mass is 32.2. The summed E-state index contributed by atoms with van der Waals surface area (Å²) in [7, 11) is 0.625. The molecule has 13 heavy (non-hydrogen) atoms. The Labute approximate surface area is 80.4 Å². The zero-order valence-corrected chi connectivity index (χ0v) is 8.34. The van der Waals surface area contributed by atoms with E-state index < -0.39 is 10.8 Å². The molecule has 0 aliphatic rings. The van der Waals surface area contributed by atoms with Crippen LogP contribution in [0.4, 0.5) is 5.69 Å². The molecule has 0 saturated heterocycles. The Hall–Kier alpha value is -0.870. The summed E-state index contributed by atoms with van der Waals surface area (Å²) < 4.78 is 16.3. The van der Waals surface area contributed by atoms with Crippen molar-refractivity contribution in [1.29, 1.82) is 0 Å². The molecule has 0 aliphatic heterocycles. The molecular weight excluding hydrogens is 186 g/mol. The molecule has 0 radical (unpaired) electrons. The standard InChI is InChI=1S/C9H13NO2S/c1-12-6-7-13(11)9-4-2-8(10)3-5-9/h2-5H,6-7,10H2,1H3. The summed E-state index contributed by atoms with van der Waals surface area (Å²) in [4.78, 5) is 0.797. The summed E-state index contributed by atoms with van der Waals surface area (Å²) >= 11 is 0. The molecule has 0 heterocycles. The summed E-state index contributed by atoms with van der Waals surface area (Å²) in [6.07, 6.45) is 0. The van der Waals surface area contributed by atoms with Crippen LogP contribution < -0.4 is 5.73 Å². The smallest absolute Gasteiger partial charge is 0.0581 e. The first-order valence-electron chi connectivity index (χ1n) is 3.97. The Kier molecular flexibility index (Phi) is 3.92. The van der Waals surface area contributed by atoms with E-state index in [2.05, 4.69) is 0 Å². The van der Waals surface area contributed by atoms with E-state index in [0.717, 1.165) is 4.90 Å². The first-order chi connectivity index (χ1) is 6.24. The maximum absolute atomic E-state index is 11.5. The van der Waals surface area contributed by atoms with Crippen molar-refractivity contribution < 1.29 is 8.95 Å². The van der Waals surface area contributed by atoms with Gasteiger partial charge in [-0.3, -0.25) is 4.21 Å². The lowest BCUT2D eigenvalue weighted by molar-refractivity contribution is 0.218. The first-order valence-corrected chi connectivity index (χ1v) is 5.29. The summed E-state index contributed by atoms with van der Waals surface area (Å²) in [5, 5.41) is 0. The van der Waals surface area contributed by atoms with Gasteiger partial charge >= 0.3 is 0 Å². The highest BCUT2D eigenvalue weighted by Gasteiger charge is 2.01. The Bertz CT molecular complexity index is 284. The number of nitrogens with two attached hydrogens (primary N) is 1. The second kappa shape index (κ2) is 4.99. The minimum atomic E-state index is -0.972. The van der Waals surface area contributed by atoms with E-state index in [1.54, 1.807) is 31.4 Å². The Morgan fingerprint density at radius 3 is 2.54 bits per heavy atom. The lowest BCUT2D eigenvalue weighted by Crippen LogP contribution is -2.04. The quantitative estimate of drug-likeness (QED) is 0.737. The summed E-state index contributed by atoms with van der Waals surface area (Å²) in [5.41, 5.74) is 6.19. The molecule has 1 atom stereocenters. The lowest BCUT2D eigenvalue weighted by Gasteiger charge is -2.01. The minimum absolute atomic E-state index is 0.511. The van der Waals surface area contributed by atoms with E-state index in [9.17, 15) is 4.21 Å². The SMILES string of the molecule is COCCS(=O)c1ccc(N)cc1. The highest BCUT2D eigenvalue weighted by molar-refractivity contribution is 7.85. The fourth-order valence-corrected chi connectivity index (χ4v) is 1.89. The molecule has 1 unspecified atom stereocenters. The second-order valence-electron chi connectivity index (χ2n) is 2.61. The number of benzene rings is 1. The second-order valence-corrected chi connectivity index (χ2v) is 4.18. The van der Waals surface area contributed by atoms with Crippen LogP contribution in [0.25, 0.3) is 0 Å². The van der Waals surface area contributed by atoms with Crippen molar-refractivity contribution in [3.8, 4) is 0 Å². The van der Waals surface area contributed by atoms with E-state index in [0.29, 0.717) is 18.0 Å². The maximum atomic E-state index is 11.5. The van der Waals surface area contributed by atoms with Gasteiger partial charge in [0.25, 0.3) is 0 Å². The van der Waals surface area contributed by atoms with E-state index in [1.165, 1.54) is 0 Å². The minimum Gasteiger partial charge on any atom is -0.399 e. The fraction of sp³-hybridized carbons (Fsp3) is 0.333. The van der Waals surface area contributed by atoms with Gasteiger partial charge in [0.2, 0.25) is 0 Å². The van der Waals surface area contributed by atoms with Gasteiger partial charge in [-0.05, 0) is 24.3 Å². The van der Waals surface area contributed by atoms with Gasteiger partial charge < -0.3 is 10.5 Å². The molecule has 1 aromatic carbocycles. The van der Waals surface area contributed by atoms with Crippen molar-refractivity contribution in [1.82, 2.24) is 0 Å². The van der Waals surface area contributed by atoms with Crippen LogP contribution >= 0.6 is 0 Å². The van der Waals surface area contributed by atoms with E-state index >= 15 is 0 Å². The number of methoxy groups -OCH3 is 1. The molecule has 3 nitrogen and oxygen atoms in total. The molecule has 0 fully saturated rings. The van der Waals surface area contributed by atoms with E-state index in [-0.39, 0.29) is 0 Å². The first kappa shape index (κ1) is 10.2. The topological polar surface area (TPSA) is 52.3 Å². The number of anilines is 1. The van der Waals surface area contributed by atoms with Crippen LogP contribution in [-0.4, -0.2) is 23.7 Å². The number of hydrogen-bond acceptors (Lipinski definition) is 3. The van der Waals surface area contributed by atoms with Crippen molar-refractivity contribution in [3.05, 3.63) is 24.3 Å². The number of hydrogen-bond donors (Lipinski definition) is 1. The molecule has 72 valence electrons. The van der Waals surface area contributed by atoms with Gasteiger partial charge in [0.1, 0.15) is 0 Å². The molecule has 0 aromatic heterocycles. The van der Waals surface area contributed by atoms with Crippen molar-refractivity contribution in [2.45, 2.75) is 4.90 Å². The molecule has 2 N–H and O–H groups in total. The molecule has 1 rings (SSSR count). The van der Waals surface area contributed by atoms with Crippen molar-refractivity contribution in [2.75, 3.05) is 25.2 Å². The number of nitrogen functional groups attached to an aromatic ring is 1. The molecular formula is C9H13NO2S. The van der Waals surface area contributed by atoms with E-state index in [1.807, 2.05) is 0 Å². The van der Waals surface area contributed by atoms with Gasteiger partial charge in [0, 0.05) is 17.7 Å². The third-order valence-corrected chi connectivity index (χ3v) is 2.95. The van der Waals surface area contributed by atoms with Crippen LogP contribution in [0.15, 0.2) is 29.2 Å². The summed E-state index contributed by atoms with van der Waals surface area (Å²) in [5.74, 6) is 0.528. The average Bonchev–Trinajstić information content (AvgIpc) is 2.15. The summed E-state index contributed by atoms with van der Waals surface area (Å²) in [6.45, 7) is 0.511. The third kappa shape index (κ3) is 3.16. The lowest BCUT2D eigenvalue weighted by atomic mass is 10.3. The average molecular weight is 199 g/mol. The van der Waals surface area contributed by atoms with Crippen LogP contribution in [0.3, 0.4) is 0 Å². The van der Waals surface area contributed by atoms with Gasteiger partial charge in [-0.1, -0.05) is 0 Å². The Balaban J connectivity index is 2.61. The van der Waals surface area contributed by atoms with Gasteiger partial charge in [0.05, 0.1) is 23.2 Å². The predicted molar refractivity (Wildman–Crippen MR) is 54.0 cm³/mol. The highest BCUT2D eigenvalue weighted by Crippen LogP contribution is 2.09. The van der Waals surface area contributed by atoms with Crippen LogP contribution in [0.1, 0.15) is 0 Å². The zero-order valence-electron chi connectivity index (χ0n) is 7.53. The largest absolute Gasteiger partial charge is 0.399 e. The van der Waals surface area contributed by atoms with Gasteiger partial charge in [-0.25, -0.2) is 0 Å². The number of ether oxygens (including phenoxy) is 1. The van der Waals surface area contributed by atoms with Crippen LogP contribution in [-0.2, 0) is 15.5 Å². The van der Waals surface area contributed by atoms with Crippen molar-refractivity contribution in [3.63, 3.8) is 0 Å². The molecule has 0 saturated carbocycles. The fourth-order valence-electron chi connectivity index (χ4n) is 0.896. The molecule has 0 aliphatic carbocycles. The monoisotopic (exact) mass is 199 g/mol. The normalized spacial score (nSPS) is 12.7. The van der Waals surface area contributed by atoms with Gasteiger partial charge in [-0.15, -0.1) is 0 Å². The van der Waals surface area contributed by atoms with Crippen LogP contribution in [0.2, 0.25) is 0 Å². The summed E-state index contributed by atoms with van der Waals surface area (Å²) in [6, 6.07) is 7.06. The Morgan fingerprint density at radius 2 is 2.00 bits per heavy atom. The van der Waals surface area contributed by atoms with Crippen molar-refractivity contribution >= 4 is 16.5 Å². The molecule has 0 spiro atoms. The molecule has 0 amide bonds. The maximum Gasteiger partial charge on any atom is 0.0581 e. The van der Waals surface area contributed by atoms with Crippen LogP contribution in [0, 0.1) is 0 Å². The molecule has 4 heteroatoms.